The van der Waals surface area contributed by atoms with Gasteiger partial charge < -0.3 is 0 Å². The molecule has 2 radical (unpaired) electrons. The molecule has 108 valence electrons. The highest BCUT2D eigenvalue weighted by Gasteiger charge is 2.07. The first-order valence-corrected chi connectivity index (χ1v) is 8.55. The van der Waals surface area contributed by atoms with Gasteiger partial charge in [-0.05, 0) is 19.3 Å². The first kappa shape index (κ1) is 18.0. The summed E-state index contributed by atoms with van der Waals surface area (Å²) in [5, 5.41) is 0. The lowest BCUT2D eigenvalue weighted by Gasteiger charge is -2.16. The van der Waals surface area contributed by atoms with Crippen molar-refractivity contribution in [2.24, 2.45) is 5.92 Å². The minimum Gasteiger partial charge on any atom is -0.0654 e. The summed E-state index contributed by atoms with van der Waals surface area (Å²) in [6, 6.07) is 0. The smallest absolute Gasteiger partial charge is 0.0352 e. The Morgan fingerprint density at radius 2 is 1.06 bits per heavy atom. The third kappa shape index (κ3) is 12.5. The predicted molar refractivity (Wildman–Crippen MR) is 83.8 cm³/mol. The maximum absolute atomic E-state index is 5.50. The zero-order valence-electron chi connectivity index (χ0n) is 13.1. The minimum atomic E-state index is 0.871. The van der Waals surface area contributed by atoms with Crippen LogP contribution in [0.3, 0.4) is 0 Å². The van der Waals surface area contributed by atoms with Crippen molar-refractivity contribution in [2.75, 3.05) is 0 Å². The molecule has 0 nitrogen and oxygen atoms in total. The van der Waals surface area contributed by atoms with Crippen molar-refractivity contribution in [3.63, 3.8) is 0 Å². The summed E-state index contributed by atoms with van der Waals surface area (Å²) in [6.45, 7) is 10.1. The molecule has 0 heterocycles. The topological polar surface area (TPSA) is 0 Å². The summed E-state index contributed by atoms with van der Waals surface area (Å²) < 4.78 is 0. The number of hydrogen-bond donors (Lipinski definition) is 0. The molecule has 0 unspecified atom stereocenters. The van der Waals surface area contributed by atoms with Gasteiger partial charge in [0.15, 0.2) is 0 Å². The van der Waals surface area contributed by atoms with Crippen LogP contribution in [-0.2, 0) is 0 Å². The highest BCUT2D eigenvalue weighted by molar-refractivity contribution is 4.60. The summed E-state index contributed by atoms with van der Waals surface area (Å²) in [6.07, 6.45) is 19.2. The van der Waals surface area contributed by atoms with Gasteiger partial charge in [-0.2, -0.15) is 0 Å². The minimum absolute atomic E-state index is 0.871. The highest BCUT2D eigenvalue weighted by Crippen LogP contribution is 2.22. The van der Waals surface area contributed by atoms with Crippen LogP contribution in [0, 0.1) is 12.8 Å². The number of unbranched alkanes of at least 4 members (excludes halogenated alkanes) is 8. The van der Waals surface area contributed by atoms with E-state index in [1.165, 1.54) is 83.5 Å². The lowest BCUT2D eigenvalue weighted by atomic mass is 9.90. The Morgan fingerprint density at radius 1 is 0.611 bits per heavy atom. The van der Waals surface area contributed by atoms with Gasteiger partial charge in [0, 0.05) is 0 Å². The van der Waals surface area contributed by atoms with Gasteiger partial charge >= 0.3 is 0 Å². The largest absolute Gasteiger partial charge is 0.0654 e. The van der Waals surface area contributed by atoms with E-state index in [9.17, 15) is 0 Å². The molecule has 0 aliphatic heterocycles. The maximum Gasteiger partial charge on any atom is -0.0352 e. The van der Waals surface area contributed by atoms with Gasteiger partial charge in [-0.25, -0.2) is 0 Å². The molecule has 0 spiro atoms. The van der Waals surface area contributed by atoms with Crippen LogP contribution in [0.4, 0.5) is 0 Å². The van der Waals surface area contributed by atoms with Crippen LogP contribution < -0.4 is 0 Å². The molecule has 0 aromatic rings. The fraction of sp³-hybridized carbons (Fsp3) is 0.944. The summed E-state index contributed by atoms with van der Waals surface area (Å²) in [7, 11) is 0. The van der Waals surface area contributed by atoms with Crippen LogP contribution in [0.15, 0.2) is 0 Å². The van der Waals surface area contributed by atoms with E-state index in [0.717, 1.165) is 12.3 Å². The van der Waals surface area contributed by atoms with E-state index in [4.69, 9.17) is 6.92 Å². The maximum atomic E-state index is 5.50. The van der Waals surface area contributed by atoms with Crippen molar-refractivity contribution in [1.29, 1.82) is 0 Å². The van der Waals surface area contributed by atoms with Crippen LogP contribution >= 0.6 is 0 Å². The highest BCUT2D eigenvalue weighted by atomic mass is 14.1. The fourth-order valence-electron chi connectivity index (χ4n) is 2.70. The Bertz CT molecular complexity index is 131. The Balaban J connectivity index is 3.43. The van der Waals surface area contributed by atoms with Gasteiger partial charge in [0.05, 0.1) is 0 Å². The van der Waals surface area contributed by atoms with E-state index in [0.29, 0.717) is 0 Å². The van der Waals surface area contributed by atoms with Crippen LogP contribution in [0.25, 0.3) is 0 Å². The van der Waals surface area contributed by atoms with Gasteiger partial charge in [0.25, 0.3) is 0 Å². The second-order valence-electron chi connectivity index (χ2n) is 5.85. The second-order valence-corrected chi connectivity index (χ2v) is 5.85. The van der Waals surface area contributed by atoms with E-state index in [1.807, 2.05) is 0 Å². The third-order valence-electron chi connectivity index (χ3n) is 4.00. The standard InChI is InChI=1S/C18H36/c1-4-7-10-11-12-13-14-17-18(15-8-5-2)16-9-6-3/h1,18H,4-17H2,2-3H3. The zero-order valence-corrected chi connectivity index (χ0v) is 13.1. The molecule has 0 fully saturated rings. The summed E-state index contributed by atoms with van der Waals surface area (Å²) in [5.41, 5.74) is 0. The van der Waals surface area contributed by atoms with E-state index >= 15 is 0 Å². The van der Waals surface area contributed by atoms with Crippen LogP contribution in [-0.4, -0.2) is 0 Å². The zero-order chi connectivity index (χ0) is 13.5. The predicted octanol–water partition coefficient (Wildman–Crippen LogP) is 6.81. The molecule has 0 saturated carbocycles. The molecular weight excluding hydrogens is 216 g/mol. The molecule has 0 bridgehead atoms. The molecule has 18 heavy (non-hydrogen) atoms. The van der Waals surface area contributed by atoms with Crippen molar-refractivity contribution >= 4 is 0 Å². The Kier molecular flexibility index (Phi) is 15.1. The molecule has 0 aliphatic rings. The normalized spacial score (nSPS) is 11.3. The van der Waals surface area contributed by atoms with E-state index in [2.05, 4.69) is 13.8 Å². The van der Waals surface area contributed by atoms with Gasteiger partial charge in [-0.1, -0.05) is 97.3 Å². The average molecular weight is 252 g/mol. The molecule has 0 heteroatoms. The summed E-state index contributed by atoms with van der Waals surface area (Å²) in [5.74, 6) is 1.02. The third-order valence-corrected chi connectivity index (χ3v) is 4.00. The Hall–Kier alpha value is 0. The van der Waals surface area contributed by atoms with E-state index in [1.54, 1.807) is 0 Å². The first-order valence-electron chi connectivity index (χ1n) is 8.55. The average Bonchev–Trinajstić information content (AvgIpc) is 2.40. The number of hydrogen-bond acceptors (Lipinski definition) is 0. The first-order chi connectivity index (χ1) is 8.85. The van der Waals surface area contributed by atoms with Crippen LogP contribution in [0.5, 0.6) is 0 Å². The molecule has 0 N–H and O–H groups in total. The van der Waals surface area contributed by atoms with E-state index < -0.39 is 0 Å². The molecular formula is C18H36. The Labute approximate surface area is 117 Å². The van der Waals surface area contributed by atoms with Crippen molar-refractivity contribution in [3.8, 4) is 0 Å². The van der Waals surface area contributed by atoms with Crippen LogP contribution in [0.1, 0.15) is 104 Å². The second kappa shape index (κ2) is 15.1. The fourth-order valence-corrected chi connectivity index (χ4v) is 2.70. The van der Waals surface area contributed by atoms with Gasteiger partial charge in [-0.3, -0.25) is 0 Å². The molecule has 0 amide bonds. The lowest BCUT2D eigenvalue weighted by molar-refractivity contribution is 0.376. The van der Waals surface area contributed by atoms with Crippen molar-refractivity contribution in [1.82, 2.24) is 0 Å². The number of rotatable bonds is 14. The summed E-state index contributed by atoms with van der Waals surface area (Å²) in [4.78, 5) is 0. The van der Waals surface area contributed by atoms with Crippen LogP contribution in [0.2, 0.25) is 0 Å². The van der Waals surface area contributed by atoms with Crippen molar-refractivity contribution in [3.05, 3.63) is 6.92 Å². The molecule has 0 atom stereocenters. The molecule has 0 rings (SSSR count). The van der Waals surface area contributed by atoms with Gasteiger partial charge in [-0.15, -0.1) is 0 Å². The van der Waals surface area contributed by atoms with Crippen molar-refractivity contribution in [2.45, 2.75) is 104 Å². The van der Waals surface area contributed by atoms with Crippen molar-refractivity contribution < 1.29 is 0 Å². The Morgan fingerprint density at radius 3 is 1.56 bits per heavy atom. The lowest BCUT2D eigenvalue weighted by Crippen LogP contribution is -2.01. The molecule has 0 aromatic heterocycles. The van der Waals surface area contributed by atoms with Gasteiger partial charge in [0.2, 0.25) is 0 Å². The quantitative estimate of drug-likeness (QED) is 0.298. The SMILES string of the molecule is [CH]CCCCCCCCC(CCCC)CCCC. The summed E-state index contributed by atoms with van der Waals surface area (Å²) >= 11 is 0. The molecule has 0 saturated heterocycles. The van der Waals surface area contributed by atoms with Gasteiger partial charge in [0.1, 0.15) is 0 Å². The van der Waals surface area contributed by atoms with E-state index in [-0.39, 0.29) is 0 Å². The molecule has 0 aromatic carbocycles. The monoisotopic (exact) mass is 252 g/mol. The molecule has 0 aliphatic carbocycles.